The molecule has 0 bridgehead atoms. The number of carboxylic acid groups (broad SMARTS) is 1. The molecule has 1 unspecified atom stereocenters. The van der Waals surface area contributed by atoms with Crippen LogP contribution in [0.3, 0.4) is 0 Å². The number of rotatable bonds is 6. The first kappa shape index (κ1) is 28.1. The van der Waals surface area contributed by atoms with Crippen molar-refractivity contribution in [3.8, 4) is 0 Å². The van der Waals surface area contributed by atoms with Crippen LogP contribution in [0.15, 0.2) is 34.9 Å². The zero-order chi connectivity index (χ0) is 27.6. The molecule has 0 aliphatic heterocycles. The highest BCUT2D eigenvalue weighted by Gasteiger charge is 2.67. The topological polar surface area (TPSA) is 83.8 Å². The van der Waals surface area contributed by atoms with Gasteiger partial charge in [0.1, 0.15) is 6.10 Å². The SMILES string of the molecule is CC(=O)O[C@H]1CC([C@H](C)CCC=C(C)C(=O)O)[C@@]2(C)CC=C3C(=CC[C@H]4C(C)(C)[C@H](O)CC[C@]34C)[C@]12C. The summed E-state index contributed by atoms with van der Waals surface area (Å²) in [7, 11) is 0. The zero-order valence-electron chi connectivity index (χ0n) is 24.2. The Morgan fingerprint density at radius 3 is 2.43 bits per heavy atom. The number of esters is 1. The van der Waals surface area contributed by atoms with E-state index in [1.54, 1.807) is 6.92 Å². The van der Waals surface area contributed by atoms with Crippen LogP contribution in [0.4, 0.5) is 0 Å². The van der Waals surface area contributed by atoms with Crippen LogP contribution in [0.2, 0.25) is 0 Å². The second kappa shape index (κ2) is 9.39. The molecule has 2 fully saturated rings. The summed E-state index contributed by atoms with van der Waals surface area (Å²) >= 11 is 0. The highest BCUT2D eigenvalue weighted by molar-refractivity contribution is 5.85. The van der Waals surface area contributed by atoms with Crippen LogP contribution in [0.5, 0.6) is 0 Å². The molecule has 206 valence electrons. The van der Waals surface area contributed by atoms with Crippen LogP contribution in [0.25, 0.3) is 0 Å². The Morgan fingerprint density at radius 1 is 1.14 bits per heavy atom. The van der Waals surface area contributed by atoms with Gasteiger partial charge < -0.3 is 14.9 Å². The summed E-state index contributed by atoms with van der Waals surface area (Å²) < 4.78 is 6.14. The van der Waals surface area contributed by atoms with Crippen molar-refractivity contribution in [2.45, 2.75) is 113 Å². The van der Waals surface area contributed by atoms with E-state index in [1.807, 2.05) is 6.08 Å². The molecule has 8 atom stereocenters. The molecule has 5 heteroatoms. The molecule has 5 nitrogen and oxygen atoms in total. The second-order valence-corrected chi connectivity index (χ2v) is 13.8. The van der Waals surface area contributed by atoms with Gasteiger partial charge in [-0.2, -0.15) is 0 Å². The number of ether oxygens (including phenoxy) is 1. The van der Waals surface area contributed by atoms with Gasteiger partial charge >= 0.3 is 11.9 Å². The Labute approximate surface area is 223 Å². The van der Waals surface area contributed by atoms with E-state index in [9.17, 15) is 19.8 Å². The molecule has 0 aromatic heterocycles. The van der Waals surface area contributed by atoms with Crippen LogP contribution in [-0.4, -0.2) is 34.4 Å². The minimum atomic E-state index is -0.859. The van der Waals surface area contributed by atoms with Gasteiger partial charge in [-0.25, -0.2) is 4.79 Å². The Morgan fingerprint density at radius 2 is 1.81 bits per heavy atom. The minimum absolute atomic E-state index is 0.000777. The lowest BCUT2D eigenvalue weighted by Gasteiger charge is -2.61. The molecule has 0 radical (unpaired) electrons. The number of carboxylic acids is 1. The molecule has 2 saturated carbocycles. The summed E-state index contributed by atoms with van der Waals surface area (Å²) in [6.45, 7) is 17.1. The lowest BCUT2D eigenvalue weighted by molar-refractivity contribution is -0.152. The van der Waals surface area contributed by atoms with Crippen LogP contribution in [0, 0.1) is 39.4 Å². The highest BCUT2D eigenvalue weighted by Crippen LogP contribution is 2.72. The second-order valence-electron chi connectivity index (χ2n) is 13.8. The van der Waals surface area contributed by atoms with E-state index in [1.165, 1.54) is 18.1 Å². The van der Waals surface area contributed by atoms with Crippen molar-refractivity contribution in [2.75, 3.05) is 0 Å². The highest BCUT2D eigenvalue weighted by atomic mass is 16.5. The van der Waals surface area contributed by atoms with Crippen molar-refractivity contribution in [1.29, 1.82) is 0 Å². The van der Waals surface area contributed by atoms with Crippen LogP contribution < -0.4 is 0 Å². The van der Waals surface area contributed by atoms with Crippen molar-refractivity contribution in [3.05, 3.63) is 34.9 Å². The van der Waals surface area contributed by atoms with Gasteiger partial charge in [0.05, 0.1) is 6.10 Å². The molecule has 0 amide bonds. The van der Waals surface area contributed by atoms with Crippen molar-refractivity contribution in [1.82, 2.24) is 0 Å². The maximum atomic E-state index is 12.3. The Hall–Kier alpha value is -1.88. The predicted molar refractivity (Wildman–Crippen MR) is 146 cm³/mol. The van der Waals surface area contributed by atoms with Crippen molar-refractivity contribution in [3.63, 3.8) is 0 Å². The van der Waals surface area contributed by atoms with E-state index in [0.717, 1.165) is 44.9 Å². The van der Waals surface area contributed by atoms with Gasteiger partial charge in [-0.05, 0) is 97.0 Å². The molecule has 0 heterocycles. The summed E-state index contributed by atoms with van der Waals surface area (Å²) in [5.74, 6) is 0.0188. The molecule has 2 N–H and O–H groups in total. The van der Waals surface area contributed by atoms with E-state index in [-0.39, 0.29) is 39.8 Å². The van der Waals surface area contributed by atoms with Gasteiger partial charge in [0, 0.05) is 17.9 Å². The Bertz CT molecular complexity index is 1050. The summed E-state index contributed by atoms with van der Waals surface area (Å²) in [5.41, 5.74) is 2.68. The third kappa shape index (κ3) is 4.15. The minimum Gasteiger partial charge on any atom is -0.478 e. The van der Waals surface area contributed by atoms with E-state index in [4.69, 9.17) is 4.74 Å². The molecule has 0 aromatic carbocycles. The van der Waals surface area contributed by atoms with Gasteiger partial charge in [-0.3, -0.25) is 4.79 Å². The normalized spacial score (nSPS) is 41.5. The summed E-state index contributed by atoms with van der Waals surface area (Å²) in [6.07, 6.45) is 12.4. The standard InChI is InChI=1S/C32H48O5/c1-19(10-9-11-20(2)28(35)36)24-18-27(37-21(3)33)32(8)23-12-13-25-29(4,5)26(34)15-16-30(25,6)22(23)14-17-31(24,32)7/h11-12,14,19,24-27,34H,9-10,13,15-18H2,1-8H3,(H,35,36)/t19-,24?,25+,26-,27+,30-,31-,32-/m1/s1. The molecule has 4 aliphatic rings. The first-order valence-electron chi connectivity index (χ1n) is 14.3. The van der Waals surface area contributed by atoms with Crippen LogP contribution in [0.1, 0.15) is 100 Å². The predicted octanol–water partition coefficient (Wildman–Crippen LogP) is 6.86. The number of carbonyl (C=O) groups excluding carboxylic acids is 1. The van der Waals surface area contributed by atoms with Crippen LogP contribution >= 0.6 is 0 Å². The summed E-state index contributed by atoms with van der Waals surface area (Å²) in [6, 6.07) is 0. The molecule has 4 rings (SSSR count). The maximum absolute atomic E-state index is 12.3. The molecular weight excluding hydrogens is 464 g/mol. The van der Waals surface area contributed by atoms with Gasteiger partial charge in [0.25, 0.3) is 0 Å². The van der Waals surface area contributed by atoms with E-state index >= 15 is 0 Å². The molecule has 0 saturated heterocycles. The van der Waals surface area contributed by atoms with Gasteiger partial charge in [-0.1, -0.05) is 59.8 Å². The zero-order valence-corrected chi connectivity index (χ0v) is 24.2. The molecule has 0 aromatic rings. The first-order valence-corrected chi connectivity index (χ1v) is 14.3. The smallest absolute Gasteiger partial charge is 0.330 e. The number of aliphatic hydroxyl groups is 1. The van der Waals surface area contributed by atoms with Gasteiger partial charge in [0.15, 0.2) is 0 Å². The number of carbonyl (C=O) groups is 2. The fraction of sp³-hybridized carbons (Fsp3) is 0.750. The average molecular weight is 513 g/mol. The Balaban J connectivity index is 1.73. The van der Waals surface area contributed by atoms with E-state index in [2.05, 4.69) is 53.7 Å². The maximum Gasteiger partial charge on any atom is 0.330 e. The molecule has 37 heavy (non-hydrogen) atoms. The van der Waals surface area contributed by atoms with E-state index in [0.29, 0.717) is 23.3 Å². The number of aliphatic hydroxyl groups excluding tert-OH is 1. The number of fused-ring (bicyclic) bond motifs is 5. The lowest BCUT2D eigenvalue weighted by Crippen LogP contribution is -2.56. The third-order valence-electron chi connectivity index (χ3n) is 11.7. The van der Waals surface area contributed by atoms with Gasteiger partial charge in [-0.15, -0.1) is 0 Å². The fourth-order valence-electron chi connectivity index (χ4n) is 9.13. The van der Waals surface area contributed by atoms with Crippen molar-refractivity contribution < 1.29 is 24.5 Å². The molecule has 4 aliphatic carbocycles. The quantitative estimate of drug-likeness (QED) is 0.300. The van der Waals surface area contributed by atoms with Gasteiger partial charge in [0.2, 0.25) is 0 Å². The van der Waals surface area contributed by atoms with Crippen molar-refractivity contribution >= 4 is 11.9 Å². The molecule has 0 spiro atoms. The number of hydrogen-bond donors (Lipinski definition) is 2. The number of aliphatic carboxylic acids is 1. The van der Waals surface area contributed by atoms with Crippen molar-refractivity contribution in [2.24, 2.45) is 39.4 Å². The molecular formula is C32H48O5. The largest absolute Gasteiger partial charge is 0.478 e. The van der Waals surface area contributed by atoms with Crippen LogP contribution in [-0.2, 0) is 14.3 Å². The third-order valence-corrected chi connectivity index (χ3v) is 11.7. The lowest BCUT2D eigenvalue weighted by atomic mass is 9.44. The van der Waals surface area contributed by atoms with E-state index < -0.39 is 5.97 Å². The first-order chi connectivity index (χ1) is 17.1. The average Bonchev–Trinajstić information content (AvgIpc) is 3.03. The summed E-state index contributed by atoms with van der Waals surface area (Å²) in [5, 5.41) is 20.1. The Kier molecular flexibility index (Phi) is 7.14. The monoisotopic (exact) mass is 512 g/mol. The summed E-state index contributed by atoms with van der Waals surface area (Å²) in [4.78, 5) is 23.6. The fourth-order valence-corrected chi connectivity index (χ4v) is 9.13. The number of allylic oxidation sites excluding steroid dienone is 4. The number of hydrogen-bond acceptors (Lipinski definition) is 4.